The van der Waals surface area contributed by atoms with Crippen molar-refractivity contribution in [1.29, 1.82) is 0 Å². The number of alkyl halides is 1. The van der Waals surface area contributed by atoms with E-state index in [0.29, 0.717) is 28.2 Å². The maximum Gasteiger partial charge on any atom is 0.260 e. The maximum absolute atomic E-state index is 13.4. The number of imidazole rings is 1. The predicted molar refractivity (Wildman–Crippen MR) is 136 cm³/mol. The van der Waals surface area contributed by atoms with Crippen molar-refractivity contribution < 1.29 is 22.4 Å². The number of pyridine rings is 1. The smallest absolute Gasteiger partial charge is 0.260 e. The van der Waals surface area contributed by atoms with Crippen LogP contribution in [0, 0.1) is 5.92 Å². The predicted octanol–water partition coefficient (Wildman–Crippen LogP) is 3.23. The van der Waals surface area contributed by atoms with Crippen LogP contribution in [-0.2, 0) is 21.4 Å². The molecule has 0 radical (unpaired) electrons. The first-order chi connectivity index (χ1) is 18.3. The Kier molecular flexibility index (Phi) is 5.80. The third-order valence-corrected chi connectivity index (χ3v) is 8.21. The first-order valence-electron chi connectivity index (χ1n) is 11.8. The molecule has 1 amide bonds. The number of hydrogen-bond acceptors (Lipinski definition) is 7. The zero-order chi connectivity index (χ0) is 26.4. The van der Waals surface area contributed by atoms with Crippen LogP contribution in [0.5, 0.6) is 0 Å². The molecule has 6 rings (SSSR count). The molecular weight excluding hydrogens is 513 g/mol. The number of ketones is 1. The van der Waals surface area contributed by atoms with E-state index in [1.807, 2.05) is 30.3 Å². The molecule has 4 aromatic rings. The van der Waals surface area contributed by atoms with Gasteiger partial charge in [0.15, 0.2) is 10.8 Å². The van der Waals surface area contributed by atoms with Gasteiger partial charge in [0.25, 0.3) is 10.0 Å². The molecule has 0 bridgehead atoms. The van der Waals surface area contributed by atoms with Crippen molar-refractivity contribution in [2.45, 2.75) is 24.2 Å². The Hall–Kier alpha value is -4.36. The van der Waals surface area contributed by atoms with Gasteiger partial charge in [0, 0.05) is 23.1 Å². The van der Waals surface area contributed by atoms with Crippen molar-refractivity contribution in [3.63, 3.8) is 0 Å². The third-order valence-electron chi connectivity index (χ3n) is 6.49. The van der Waals surface area contributed by atoms with Gasteiger partial charge in [0.1, 0.15) is 12.0 Å². The van der Waals surface area contributed by atoms with Gasteiger partial charge in [-0.15, -0.1) is 0 Å². The molecule has 1 aliphatic carbocycles. The Bertz CT molecular complexity index is 1640. The zero-order valence-electron chi connectivity index (χ0n) is 19.8. The fourth-order valence-electron chi connectivity index (χ4n) is 4.46. The molecule has 2 atom stereocenters. The van der Waals surface area contributed by atoms with Crippen molar-refractivity contribution in [3.05, 3.63) is 72.4 Å². The lowest BCUT2D eigenvalue weighted by atomic mass is 10.0. The van der Waals surface area contributed by atoms with Crippen molar-refractivity contribution in [1.82, 2.24) is 24.2 Å². The highest BCUT2D eigenvalue weighted by atomic mass is 32.2. The summed E-state index contributed by atoms with van der Waals surface area (Å²) < 4.78 is 40.6. The van der Waals surface area contributed by atoms with Gasteiger partial charge in [-0.2, -0.15) is 4.31 Å². The molecular formula is C25H22FN7O4S. The minimum absolute atomic E-state index is 0.0693. The lowest BCUT2D eigenvalue weighted by Crippen LogP contribution is -2.39. The largest absolute Gasteiger partial charge is 0.355 e. The van der Waals surface area contributed by atoms with Gasteiger partial charge < -0.3 is 20.6 Å². The molecule has 1 saturated carbocycles. The minimum atomic E-state index is -3.98. The van der Waals surface area contributed by atoms with E-state index in [1.54, 1.807) is 12.1 Å². The second-order valence-electron chi connectivity index (χ2n) is 9.11. The van der Waals surface area contributed by atoms with E-state index < -0.39 is 28.0 Å². The number of fused-ring (bicyclic) bond motifs is 1. The van der Waals surface area contributed by atoms with Crippen molar-refractivity contribution in [3.8, 4) is 11.3 Å². The monoisotopic (exact) mass is 535 g/mol. The fourth-order valence-corrected chi connectivity index (χ4v) is 5.72. The Morgan fingerprint density at radius 1 is 1.16 bits per heavy atom. The van der Waals surface area contributed by atoms with Crippen molar-refractivity contribution in [2.75, 3.05) is 17.2 Å². The van der Waals surface area contributed by atoms with Gasteiger partial charge >= 0.3 is 0 Å². The second kappa shape index (κ2) is 9.19. The normalized spacial score (nSPS) is 19.1. The Morgan fingerprint density at radius 2 is 1.95 bits per heavy atom. The SMILES string of the molecule is O=C1CN(S(=O)(=O)c2cnc[nH]2)Cc2[nH]c(-c3ccnc(NC(=O)C4CC4F)c3)c(Nc3ccccc3)c21. The third kappa shape index (κ3) is 4.35. The molecule has 2 unspecified atom stereocenters. The number of benzene rings is 1. The summed E-state index contributed by atoms with van der Waals surface area (Å²) in [5, 5.41) is 5.82. The molecule has 4 heterocycles. The van der Waals surface area contributed by atoms with Crippen LogP contribution in [0.1, 0.15) is 22.5 Å². The molecule has 2 aliphatic rings. The minimum Gasteiger partial charge on any atom is -0.355 e. The van der Waals surface area contributed by atoms with Crippen LogP contribution < -0.4 is 10.6 Å². The second-order valence-corrected chi connectivity index (χ2v) is 11.0. The number of sulfonamides is 1. The van der Waals surface area contributed by atoms with Crippen molar-refractivity contribution >= 4 is 38.9 Å². The van der Waals surface area contributed by atoms with E-state index in [4.69, 9.17) is 0 Å². The first kappa shape index (κ1) is 24.0. The number of aromatic nitrogens is 4. The number of nitrogens with one attached hydrogen (secondary N) is 4. The maximum atomic E-state index is 13.4. The highest BCUT2D eigenvalue weighted by Gasteiger charge is 2.44. The van der Waals surface area contributed by atoms with E-state index in [9.17, 15) is 22.4 Å². The molecule has 4 N–H and O–H groups in total. The van der Waals surface area contributed by atoms with E-state index in [1.165, 1.54) is 18.7 Å². The van der Waals surface area contributed by atoms with Crippen LogP contribution in [0.25, 0.3) is 11.3 Å². The Labute approximate surface area is 216 Å². The number of halogens is 1. The van der Waals surface area contributed by atoms with Gasteiger partial charge in [0.2, 0.25) is 5.91 Å². The molecule has 38 heavy (non-hydrogen) atoms. The number of anilines is 3. The molecule has 0 spiro atoms. The number of carbonyl (C=O) groups excluding carboxylic acids is 2. The summed E-state index contributed by atoms with van der Waals surface area (Å²) in [7, 11) is -3.98. The Morgan fingerprint density at radius 3 is 2.66 bits per heavy atom. The van der Waals surface area contributed by atoms with Gasteiger partial charge in [-0.25, -0.2) is 22.8 Å². The highest BCUT2D eigenvalue weighted by Crippen LogP contribution is 2.39. The van der Waals surface area contributed by atoms with E-state index in [2.05, 4.69) is 30.6 Å². The van der Waals surface area contributed by atoms with Crippen LogP contribution in [-0.4, -0.2) is 57.1 Å². The zero-order valence-corrected chi connectivity index (χ0v) is 20.6. The molecule has 0 saturated heterocycles. The van der Waals surface area contributed by atoms with Gasteiger partial charge in [-0.05, 0) is 30.7 Å². The summed E-state index contributed by atoms with van der Waals surface area (Å²) in [5.74, 6) is -1.26. The Balaban J connectivity index is 1.40. The lowest BCUT2D eigenvalue weighted by molar-refractivity contribution is -0.117. The van der Waals surface area contributed by atoms with Gasteiger partial charge in [-0.3, -0.25) is 9.59 Å². The number of hydrogen-bond donors (Lipinski definition) is 4. The number of amides is 1. The standard InChI is InChI=1S/C25H22FN7O4S/c26-17-9-16(17)25(35)32-20-8-14(6-7-28-20)23-24(30-15-4-2-1-3-5-15)22-18(31-23)11-33(12-19(22)34)38(36,37)21-10-27-13-29-21/h1-8,10,13,16-17,30-31H,9,11-12H2,(H,27,29)(H,28,32,35). The van der Waals surface area contributed by atoms with Crippen LogP contribution in [0.4, 0.5) is 21.6 Å². The molecule has 11 nitrogen and oxygen atoms in total. The number of rotatable bonds is 7. The number of para-hydroxylation sites is 1. The molecule has 13 heteroatoms. The summed E-state index contributed by atoms with van der Waals surface area (Å²) in [6.07, 6.45) is 3.00. The number of aromatic amines is 2. The molecule has 1 fully saturated rings. The molecule has 1 aliphatic heterocycles. The van der Waals surface area contributed by atoms with E-state index in [-0.39, 0.29) is 36.1 Å². The lowest BCUT2D eigenvalue weighted by Gasteiger charge is -2.25. The van der Waals surface area contributed by atoms with Gasteiger partial charge in [0.05, 0.1) is 48.5 Å². The van der Waals surface area contributed by atoms with Crippen LogP contribution >= 0.6 is 0 Å². The summed E-state index contributed by atoms with van der Waals surface area (Å²) in [6.45, 7) is -0.418. The summed E-state index contributed by atoms with van der Waals surface area (Å²) in [6, 6.07) is 12.5. The molecule has 1 aromatic carbocycles. The quantitative estimate of drug-likeness (QED) is 0.283. The topological polar surface area (TPSA) is 153 Å². The number of nitrogens with zero attached hydrogens (tertiary/aromatic N) is 3. The number of carbonyl (C=O) groups is 2. The molecule has 194 valence electrons. The fraction of sp³-hybridized carbons (Fsp3) is 0.200. The summed E-state index contributed by atoms with van der Waals surface area (Å²) in [4.78, 5) is 39.4. The van der Waals surface area contributed by atoms with Crippen LogP contribution in [0.15, 0.2) is 66.2 Å². The molecule has 3 aromatic heterocycles. The number of H-pyrrole nitrogens is 2. The number of Topliss-reactive ketones (excluding diaryl/α,β-unsaturated/α-hetero) is 1. The van der Waals surface area contributed by atoms with Crippen LogP contribution in [0.2, 0.25) is 0 Å². The first-order valence-corrected chi connectivity index (χ1v) is 13.3. The van der Waals surface area contributed by atoms with Crippen LogP contribution in [0.3, 0.4) is 0 Å². The summed E-state index contributed by atoms with van der Waals surface area (Å²) >= 11 is 0. The average molecular weight is 536 g/mol. The van der Waals surface area contributed by atoms with E-state index in [0.717, 1.165) is 9.99 Å². The van der Waals surface area contributed by atoms with Gasteiger partial charge in [-0.1, -0.05) is 18.2 Å². The van der Waals surface area contributed by atoms with E-state index >= 15 is 0 Å². The van der Waals surface area contributed by atoms with Crippen molar-refractivity contribution in [2.24, 2.45) is 5.92 Å². The average Bonchev–Trinajstić information content (AvgIpc) is 3.28. The summed E-state index contributed by atoms with van der Waals surface area (Å²) in [5.41, 5.74) is 3.07. The highest BCUT2D eigenvalue weighted by molar-refractivity contribution is 7.89.